The molecule has 1 aromatic heterocycles. The van der Waals surface area contributed by atoms with Crippen LogP contribution in [0.4, 0.5) is 0 Å². The molecule has 1 N–H and O–H groups in total. The molecule has 2 rings (SSSR count). The first kappa shape index (κ1) is 11.7. The molecule has 2 nitrogen and oxygen atoms in total. The van der Waals surface area contributed by atoms with Crippen molar-refractivity contribution < 1.29 is 0 Å². The van der Waals surface area contributed by atoms with Crippen LogP contribution in [0.15, 0.2) is 18.3 Å². The molecule has 0 spiro atoms. The van der Waals surface area contributed by atoms with E-state index in [1.165, 1.54) is 37.9 Å². The standard InChI is InChI=1S/C14H24N2/c1-12-5-7-13(8-6-12)10-15-11-14-4-3-9-16(14)2/h3-4,9,12-13,15H,5-8,10-11H2,1-2H3. The zero-order valence-corrected chi connectivity index (χ0v) is 10.6. The average molecular weight is 220 g/mol. The molecule has 0 saturated heterocycles. The maximum Gasteiger partial charge on any atom is 0.0359 e. The summed E-state index contributed by atoms with van der Waals surface area (Å²) in [6, 6.07) is 4.30. The third-order valence-corrected chi connectivity index (χ3v) is 3.93. The van der Waals surface area contributed by atoms with Gasteiger partial charge in [0.25, 0.3) is 0 Å². The first-order valence-electron chi connectivity index (χ1n) is 6.56. The summed E-state index contributed by atoms with van der Waals surface area (Å²) < 4.78 is 2.19. The summed E-state index contributed by atoms with van der Waals surface area (Å²) in [5.74, 6) is 1.88. The fourth-order valence-electron chi connectivity index (χ4n) is 2.62. The van der Waals surface area contributed by atoms with Gasteiger partial charge in [-0.15, -0.1) is 0 Å². The lowest BCUT2D eigenvalue weighted by Gasteiger charge is -2.26. The summed E-state index contributed by atoms with van der Waals surface area (Å²) >= 11 is 0. The smallest absolute Gasteiger partial charge is 0.0359 e. The van der Waals surface area contributed by atoms with Crippen LogP contribution < -0.4 is 5.32 Å². The largest absolute Gasteiger partial charge is 0.353 e. The molecule has 0 unspecified atom stereocenters. The van der Waals surface area contributed by atoms with Crippen LogP contribution in [0.5, 0.6) is 0 Å². The monoisotopic (exact) mass is 220 g/mol. The predicted molar refractivity (Wildman–Crippen MR) is 68.2 cm³/mol. The first-order chi connectivity index (χ1) is 7.75. The Balaban J connectivity index is 1.67. The molecule has 0 atom stereocenters. The van der Waals surface area contributed by atoms with Gasteiger partial charge in [0.2, 0.25) is 0 Å². The van der Waals surface area contributed by atoms with Crippen LogP contribution in [0.1, 0.15) is 38.3 Å². The molecule has 1 aliphatic rings. The van der Waals surface area contributed by atoms with Gasteiger partial charge in [0.05, 0.1) is 0 Å². The van der Waals surface area contributed by atoms with Gasteiger partial charge in [-0.25, -0.2) is 0 Å². The summed E-state index contributed by atoms with van der Waals surface area (Å²) in [4.78, 5) is 0. The van der Waals surface area contributed by atoms with Gasteiger partial charge in [0.1, 0.15) is 0 Å². The quantitative estimate of drug-likeness (QED) is 0.825. The maximum atomic E-state index is 3.59. The summed E-state index contributed by atoms with van der Waals surface area (Å²) in [6.45, 7) is 4.58. The fourth-order valence-corrected chi connectivity index (χ4v) is 2.62. The Labute approximate surface area is 99.0 Å². The number of aromatic nitrogens is 1. The van der Waals surface area contributed by atoms with Crippen LogP contribution in [0.2, 0.25) is 0 Å². The molecule has 1 heterocycles. The summed E-state index contributed by atoms with van der Waals surface area (Å²) in [7, 11) is 2.11. The normalized spacial score (nSPS) is 25.9. The molecule has 16 heavy (non-hydrogen) atoms. The lowest BCUT2D eigenvalue weighted by molar-refractivity contribution is 0.281. The lowest BCUT2D eigenvalue weighted by Crippen LogP contribution is -2.26. The van der Waals surface area contributed by atoms with Gasteiger partial charge in [-0.3, -0.25) is 0 Å². The summed E-state index contributed by atoms with van der Waals surface area (Å²) in [6.07, 6.45) is 7.80. The third-order valence-electron chi connectivity index (χ3n) is 3.93. The van der Waals surface area contributed by atoms with Gasteiger partial charge in [0, 0.05) is 25.5 Å². The van der Waals surface area contributed by atoms with Crippen molar-refractivity contribution in [3.8, 4) is 0 Å². The second kappa shape index (κ2) is 5.53. The van der Waals surface area contributed by atoms with E-state index in [1.807, 2.05) is 0 Å². The van der Waals surface area contributed by atoms with E-state index < -0.39 is 0 Å². The molecule has 1 aliphatic carbocycles. The van der Waals surface area contributed by atoms with E-state index in [-0.39, 0.29) is 0 Å². The maximum absolute atomic E-state index is 3.59. The molecule has 0 aromatic carbocycles. The Morgan fingerprint density at radius 2 is 2.06 bits per heavy atom. The molecular weight excluding hydrogens is 196 g/mol. The number of nitrogens with zero attached hydrogens (tertiary/aromatic N) is 1. The van der Waals surface area contributed by atoms with Crippen molar-refractivity contribution in [2.45, 2.75) is 39.2 Å². The molecule has 1 aromatic rings. The number of hydrogen-bond donors (Lipinski definition) is 1. The van der Waals surface area contributed by atoms with Crippen LogP contribution in [0.3, 0.4) is 0 Å². The minimum Gasteiger partial charge on any atom is -0.353 e. The molecule has 2 heteroatoms. The second-order valence-corrected chi connectivity index (χ2v) is 5.37. The van der Waals surface area contributed by atoms with Crippen LogP contribution >= 0.6 is 0 Å². The molecule has 1 saturated carbocycles. The first-order valence-corrected chi connectivity index (χ1v) is 6.56. The van der Waals surface area contributed by atoms with Gasteiger partial charge >= 0.3 is 0 Å². The van der Waals surface area contributed by atoms with Crippen LogP contribution in [-0.4, -0.2) is 11.1 Å². The highest BCUT2D eigenvalue weighted by atomic mass is 15.0. The SMILES string of the molecule is CC1CCC(CNCc2cccn2C)CC1. The Morgan fingerprint density at radius 3 is 2.69 bits per heavy atom. The van der Waals surface area contributed by atoms with E-state index in [4.69, 9.17) is 0 Å². The molecule has 90 valence electrons. The molecule has 0 aliphatic heterocycles. The molecule has 0 bridgehead atoms. The van der Waals surface area contributed by atoms with Crippen molar-refractivity contribution in [3.05, 3.63) is 24.0 Å². The Morgan fingerprint density at radius 1 is 1.31 bits per heavy atom. The zero-order chi connectivity index (χ0) is 11.4. The molecule has 0 amide bonds. The minimum absolute atomic E-state index is 0.913. The van der Waals surface area contributed by atoms with Crippen molar-refractivity contribution in [2.24, 2.45) is 18.9 Å². The van der Waals surface area contributed by atoms with Gasteiger partial charge in [0.15, 0.2) is 0 Å². The topological polar surface area (TPSA) is 17.0 Å². The van der Waals surface area contributed by atoms with Gasteiger partial charge in [-0.1, -0.05) is 19.8 Å². The van der Waals surface area contributed by atoms with E-state index in [0.717, 1.165) is 18.4 Å². The zero-order valence-electron chi connectivity index (χ0n) is 10.6. The fraction of sp³-hybridized carbons (Fsp3) is 0.714. The number of hydrogen-bond acceptors (Lipinski definition) is 1. The van der Waals surface area contributed by atoms with E-state index in [0.29, 0.717) is 0 Å². The van der Waals surface area contributed by atoms with Crippen molar-refractivity contribution in [3.63, 3.8) is 0 Å². The highest BCUT2D eigenvalue weighted by Gasteiger charge is 2.17. The number of aryl methyl sites for hydroxylation is 1. The van der Waals surface area contributed by atoms with Crippen LogP contribution in [-0.2, 0) is 13.6 Å². The molecule has 1 fully saturated rings. The summed E-state index contributed by atoms with van der Waals surface area (Å²) in [5.41, 5.74) is 1.38. The highest BCUT2D eigenvalue weighted by molar-refractivity contribution is 5.05. The number of nitrogens with one attached hydrogen (secondary N) is 1. The number of rotatable bonds is 4. The van der Waals surface area contributed by atoms with Crippen molar-refractivity contribution in [1.82, 2.24) is 9.88 Å². The van der Waals surface area contributed by atoms with Gasteiger partial charge in [-0.05, 0) is 43.4 Å². The van der Waals surface area contributed by atoms with Crippen LogP contribution in [0.25, 0.3) is 0 Å². The molecule has 0 radical (unpaired) electrons. The highest BCUT2D eigenvalue weighted by Crippen LogP contribution is 2.27. The Kier molecular flexibility index (Phi) is 4.05. The van der Waals surface area contributed by atoms with Crippen molar-refractivity contribution in [2.75, 3.05) is 6.54 Å². The van der Waals surface area contributed by atoms with E-state index in [2.05, 4.69) is 42.2 Å². The minimum atomic E-state index is 0.913. The van der Waals surface area contributed by atoms with Gasteiger partial charge < -0.3 is 9.88 Å². The van der Waals surface area contributed by atoms with Crippen LogP contribution in [0, 0.1) is 11.8 Å². The predicted octanol–water partition coefficient (Wildman–Crippen LogP) is 2.94. The van der Waals surface area contributed by atoms with E-state index in [1.54, 1.807) is 0 Å². The van der Waals surface area contributed by atoms with Crippen molar-refractivity contribution in [1.29, 1.82) is 0 Å². The van der Waals surface area contributed by atoms with E-state index >= 15 is 0 Å². The lowest BCUT2D eigenvalue weighted by atomic mass is 9.83. The van der Waals surface area contributed by atoms with Crippen molar-refractivity contribution >= 4 is 0 Å². The average Bonchev–Trinajstić information content (AvgIpc) is 2.68. The molecular formula is C14H24N2. The van der Waals surface area contributed by atoms with E-state index in [9.17, 15) is 0 Å². The second-order valence-electron chi connectivity index (χ2n) is 5.37. The Bertz CT molecular complexity index is 308. The Hall–Kier alpha value is -0.760. The summed E-state index contributed by atoms with van der Waals surface area (Å²) in [5, 5.41) is 3.59. The third kappa shape index (κ3) is 3.11. The van der Waals surface area contributed by atoms with Gasteiger partial charge in [-0.2, -0.15) is 0 Å².